The second-order valence-corrected chi connectivity index (χ2v) is 7.91. The Morgan fingerprint density at radius 3 is 2.38 bits per heavy atom. The number of aromatic nitrogens is 5. The van der Waals surface area contributed by atoms with Crippen LogP contribution < -0.4 is 4.90 Å². The second-order valence-electron chi connectivity index (χ2n) is 7.91. The molecule has 0 unspecified atom stereocenters. The van der Waals surface area contributed by atoms with Crippen molar-refractivity contribution < 1.29 is 5.11 Å². The first kappa shape index (κ1) is 20.1. The molecule has 1 N–H and O–H groups in total. The largest absolute Gasteiger partial charge is 0.508 e. The van der Waals surface area contributed by atoms with Gasteiger partial charge in [0.25, 0.3) is 0 Å². The van der Waals surface area contributed by atoms with E-state index in [-0.39, 0.29) is 11.8 Å². The zero-order valence-electron chi connectivity index (χ0n) is 17.7. The van der Waals surface area contributed by atoms with E-state index in [0.29, 0.717) is 6.54 Å². The Kier molecular flexibility index (Phi) is 5.76. The molecule has 0 saturated carbocycles. The van der Waals surface area contributed by atoms with Gasteiger partial charge in [0.2, 0.25) is 0 Å². The minimum Gasteiger partial charge on any atom is -0.508 e. The number of nitrogens with zero attached hydrogens (tertiary/aromatic N) is 7. The molecule has 1 fully saturated rings. The summed E-state index contributed by atoms with van der Waals surface area (Å²) < 4.78 is 1.89. The first-order chi connectivity index (χ1) is 15.8. The van der Waals surface area contributed by atoms with Gasteiger partial charge in [-0.3, -0.25) is 9.88 Å². The van der Waals surface area contributed by atoms with Crippen LogP contribution >= 0.6 is 0 Å². The Morgan fingerprint density at radius 2 is 1.66 bits per heavy atom. The van der Waals surface area contributed by atoms with Gasteiger partial charge in [0.1, 0.15) is 5.75 Å². The van der Waals surface area contributed by atoms with E-state index in [1.165, 1.54) is 0 Å². The molecule has 1 atom stereocenters. The third-order valence-corrected chi connectivity index (χ3v) is 5.87. The molecule has 162 valence electrons. The fraction of sp³-hybridized carbons (Fsp3) is 0.250. The van der Waals surface area contributed by atoms with E-state index in [4.69, 9.17) is 0 Å². The van der Waals surface area contributed by atoms with Gasteiger partial charge >= 0.3 is 0 Å². The Balaban J connectivity index is 1.40. The minimum absolute atomic E-state index is 0.0793. The summed E-state index contributed by atoms with van der Waals surface area (Å²) in [6.45, 7) is 4.09. The molecule has 32 heavy (non-hydrogen) atoms. The van der Waals surface area contributed by atoms with Crippen LogP contribution in [0.15, 0.2) is 79.1 Å². The smallest absolute Gasteiger partial charge is 0.173 e. The summed E-state index contributed by atoms with van der Waals surface area (Å²) in [6.07, 6.45) is 3.69. The zero-order chi connectivity index (χ0) is 21.8. The molecule has 0 radical (unpaired) electrons. The first-order valence-electron chi connectivity index (χ1n) is 10.8. The van der Waals surface area contributed by atoms with Crippen molar-refractivity contribution >= 4 is 5.69 Å². The lowest BCUT2D eigenvalue weighted by Gasteiger charge is -2.39. The van der Waals surface area contributed by atoms with Gasteiger partial charge in [-0.25, -0.2) is 4.68 Å². The highest BCUT2D eigenvalue weighted by Gasteiger charge is 2.31. The number of phenolic OH excluding ortho intramolecular Hbond substituents is 1. The van der Waals surface area contributed by atoms with Crippen molar-refractivity contribution in [3.8, 4) is 5.75 Å². The number of rotatable bonds is 6. The molecule has 8 heteroatoms. The van der Waals surface area contributed by atoms with Crippen molar-refractivity contribution in [3.05, 3.63) is 96.1 Å². The third kappa shape index (κ3) is 4.31. The van der Waals surface area contributed by atoms with Crippen LogP contribution in [-0.2, 0) is 6.54 Å². The molecule has 1 aliphatic heterocycles. The SMILES string of the molecule is Oc1ccc(N2CCN([C@H](c3cccnc3)c3nnnn3Cc3ccccc3)CC2)cc1. The summed E-state index contributed by atoms with van der Waals surface area (Å²) in [5.74, 6) is 1.11. The zero-order valence-corrected chi connectivity index (χ0v) is 17.7. The van der Waals surface area contributed by atoms with Crippen molar-refractivity contribution in [2.75, 3.05) is 31.1 Å². The van der Waals surface area contributed by atoms with E-state index in [1.807, 2.05) is 47.3 Å². The molecule has 8 nitrogen and oxygen atoms in total. The van der Waals surface area contributed by atoms with Crippen LogP contribution in [0.2, 0.25) is 0 Å². The van der Waals surface area contributed by atoms with Crippen molar-refractivity contribution in [2.45, 2.75) is 12.6 Å². The number of piperazine rings is 1. The van der Waals surface area contributed by atoms with Gasteiger partial charge < -0.3 is 10.0 Å². The lowest BCUT2D eigenvalue weighted by Crippen LogP contribution is -2.48. The molecule has 3 heterocycles. The summed E-state index contributed by atoms with van der Waals surface area (Å²) >= 11 is 0. The van der Waals surface area contributed by atoms with E-state index in [9.17, 15) is 5.11 Å². The monoisotopic (exact) mass is 427 g/mol. The highest BCUT2D eigenvalue weighted by molar-refractivity contribution is 5.49. The normalized spacial score (nSPS) is 15.6. The summed E-state index contributed by atoms with van der Waals surface area (Å²) in [4.78, 5) is 9.11. The molecular formula is C24H25N7O. The summed E-state index contributed by atoms with van der Waals surface area (Å²) in [6, 6.07) is 21.6. The maximum Gasteiger partial charge on any atom is 0.173 e. The maximum absolute atomic E-state index is 9.58. The number of hydrogen-bond donors (Lipinski definition) is 1. The van der Waals surface area contributed by atoms with Gasteiger partial charge in [0.05, 0.1) is 12.6 Å². The van der Waals surface area contributed by atoms with Crippen molar-refractivity contribution in [3.63, 3.8) is 0 Å². The number of tetrazole rings is 1. The Hall–Kier alpha value is -3.78. The van der Waals surface area contributed by atoms with Crippen LogP contribution in [0, 0.1) is 0 Å². The first-order valence-corrected chi connectivity index (χ1v) is 10.8. The number of aromatic hydroxyl groups is 1. The molecule has 0 bridgehead atoms. The fourth-order valence-electron chi connectivity index (χ4n) is 4.24. The van der Waals surface area contributed by atoms with E-state index in [2.05, 4.69) is 48.5 Å². The molecule has 0 spiro atoms. The van der Waals surface area contributed by atoms with Gasteiger partial charge in [-0.2, -0.15) is 0 Å². The molecule has 0 aliphatic carbocycles. The van der Waals surface area contributed by atoms with Gasteiger partial charge in [0, 0.05) is 44.3 Å². The summed E-state index contributed by atoms with van der Waals surface area (Å²) in [7, 11) is 0. The molecule has 1 aliphatic rings. The Morgan fingerprint density at radius 1 is 0.875 bits per heavy atom. The molecule has 0 amide bonds. The van der Waals surface area contributed by atoms with E-state index >= 15 is 0 Å². The average Bonchev–Trinajstić information content (AvgIpc) is 3.29. The van der Waals surface area contributed by atoms with Crippen molar-refractivity contribution in [1.29, 1.82) is 0 Å². The second kappa shape index (κ2) is 9.15. The van der Waals surface area contributed by atoms with Crippen molar-refractivity contribution in [1.82, 2.24) is 30.1 Å². The van der Waals surface area contributed by atoms with Gasteiger partial charge in [-0.1, -0.05) is 36.4 Å². The molecule has 5 rings (SSSR count). The predicted octanol–water partition coefficient (Wildman–Crippen LogP) is 2.73. The summed E-state index contributed by atoms with van der Waals surface area (Å²) in [5.41, 5.74) is 3.35. The number of hydrogen-bond acceptors (Lipinski definition) is 7. The maximum atomic E-state index is 9.58. The fourth-order valence-corrected chi connectivity index (χ4v) is 4.24. The molecule has 2 aromatic carbocycles. The molecule has 2 aromatic heterocycles. The number of anilines is 1. The van der Waals surface area contributed by atoms with E-state index in [1.54, 1.807) is 18.3 Å². The quantitative estimate of drug-likeness (QED) is 0.507. The highest BCUT2D eigenvalue weighted by Crippen LogP contribution is 2.29. The summed E-state index contributed by atoms with van der Waals surface area (Å²) in [5, 5.41) is 22.3. The molecular weight excluding hydrogens is 402 g/mol. The van der Waals surface area contributed by atoms with Crippen LogP contribution in [-0.4, -0.2) is 61.4 Å². The van der Waals surface area contributed by atoms with Crippen LogP contribution in [0.25, 0.3) is 0 Å². The predicted molar refractivity (Wildman–Crippen MR) is 121 cm³/mol. The Labute approximate surface area is 186 Å². The van der Waals surface area contributed by atoms with Crippen LogP contribution in [0.4, 0.5) is 5.69 Å². The van der Waals surface area contributed by atoms with Crippen LogP contribution in [0.1, 0.15) is 23.0 Å². The number of benzene rings is 2. The van der Waals surface area contributed by atoms with Crippen LogP contribution in [0.3, 0.4) is 0 Å². The van der Waals surface area contributed by atoms with Gasteiger partial charge in [-0.15, -0.1) is 5.10 Å². The van der Waals surface area contributed by atoms with Gasteiger partial charge in [-0.05, 0) is 51.9 Å². The lowest BCUT2D eigenvalue weighted by molar-refractivity contribution is 0.201. The Bertz CT molecular complexity index is 1120. The third-order valence-electron chi connectivity index (χ3n) is 5.87. The lowest BCUT2D eigenvalue weighted by atomic mass is 10.0. The van der Waals surface area contributed by atoms with E-state index < -0.39 is 0 Å². The van der Waals surface area contributed by atoms with Gasteiger partial charge in [0.15, 0.2) is 5.82 Å². The highest BCUT2D eigenvalue weighted by atomic mass is 16.3. The number of phenols is 1. The topological polar surface area (TPSA) is 83.2 Å². The van der Waals surface area contributed by atoms with E-state index in [0.717, 1.165) is 48.8 Å². The van der Waals surface area contributed by atoms with Crippen molar-refractivity contribution in [2.24, 2.45) is 0 Å². The number of pyridine rings is 1. The molecule has 4 aromatic rings. The molecule has 1 saturated heterocycles. The standard InChI is InChI=1S/C24H25N7O/c32-22-10-8-21(9-11-22)29-13-15-30(16-14-29)23(20-7-4-12-25-17-20)24-26-27-28-31(24)18-19-5-2-1-3-6-19/h1-12,17,23,32H,13-16,18H2/t23-/m1/s1. The van der Waals surface area contributed by atoms with Crippen LogP contribution in [0.5, 0.6) is 5.75 Å². The average molecular weight is 428 g/mol. The minimum atomic E-state index is -0.0793.